The fraction of sp³-hybridized carbons (Fsp3) is 0.348. The fourth-order valence-corrected chi connectivity index (χ4v) is 3.87. The van der Waals surface area contributed by atoms with Gasteiger partial charge in [-0.3, -0.25) is 4.98 Å². The molecule has 0 saturated carbocycles. The molecule has 1 aliphatic rings. The first-order valence-corrected chi connectivity index (χ1v) is 9.71. The van der Waals surface area contributed by atoms with Gasteiger partial charge in [-0.1, -0.05) is 42.5 Å². The Kier molecular flexibility index (Phi) is 5.37. The average molecular weight is 362 g/mol. The third-order valence-electron chi connectivity index (χ3n) is 5.43. The molecule has 0 radical (unpaired) electrons. The van der Waals surface area contributed by atoms with Gasteiger partial charge in [0, 0.05) is 31.2 Å². The van der Waals surface area contributed by atoms with E-state index in [1.54, 1.807) is 0 Å². The van der Waals surface area contributed by atoms with Crippen molar-refractivity contribution in [1.29, 1.82) is 0 Å². The number of hydrogen-bond donors (Lipinski definition) is 1. The van der Waals surface area contributed by atoms with Gasteiger partial charge in [0.25, 0.3) is 0 Å². The second-order valence-electron chi connectivity index (χ2n) is 7.27. The molecule has 1 fully saturated rings. The molecule has 140 valence electrons. The van der Waals surface area contributed by atoms with Crippen molar-refractivity contribution in [3.63, 3.8) is 0 Å². The summed E-state index contributed by atoms with van der Waals surface area (Å²) >= 11 is 0. The van der Waals surface area contributed by atoms with E-state index in [1.165, 1.54) is 0 Å². The predicted molar refractivity (Wildman–Crippen MR) is 108 cm³/mol. The Morgan fingerprint density at radius 1 is 0.963 bits per heavy atom. The predicted octanol–water partition coefficient (Wildman–Crippen LogP) is 3.99. The van der Waals surface area contributed by atoms with E-state index in [0.717, 1.165) is 54.9 Å². The molecular weight excluding hydrogens is 336 g/mol. The quantitative estimate of drug-likeness (QED) is 0.674. The molecule has 3 aromatic rings. The number of piperidine rings is 1. The van der Waals surface area contributed by atoms with Crippen molar-refractivity contribution in [1.82, 2.24) is 9.88 Å². The van der Waals surface area contributed by atoms with Crippen LogP contribution in [0.15, 0.2) is 66.9 Å². The first-order valence-electron chi connectivity index (χ1n) is 9.71. The number of ether oxygens (including phenoxy) is 1. The smallest absolute Gasteiger partial charge is 0.119 e. The van der Waals surface area contributed by atoms with Crippen molar-refractivity contribution in [2.24, 2.45) is 0 Å². The van der Waals surface area contributed by atoms with Crippen LogP contribution in [0.2, 0.25) is 0 Å². The van der Waals surface area contributed by atoms with Crippen LogP contribution in [-0.4, -0.2) is 41.2 Å². The van der Waals surface area contributed by atoms with E-state index < -0.39 is 5.60 Å². The lowest BCUT2D eigenvalue weighted by molar-refractivity contribution is -0.0285. The molecule has 27 heavy (non-hydrogen) atoms. The van der Waals surface area contributed by atoms with Gasteiger partial charge in [0.1, 0.15) is 11.4 Å². The highest BCUT2D eigenvalue weighted by molar-refractivity contribution is 5.85. The summed E-state index contributed by atoms with van der Waals surface area (Å²) < 4.78 is 5.77. The standard InChI is InChI=1S/C23H26N2O2/c26-23(22-21-10-5-4-7-19(21)11-14-24-22)12-16-25(17-13-23)15-6-18-27-20-8-2-1-3-9-20/h1-5,7-11,14,26H,6,12-13,15-18H2. The first kappa shape index (κ1) is 18.0. The number of likely N-dealkylation sites (tertiary alicyclic amines) is 1. The highest BCUT2D eigenvalue weighted by atomic mass is 16.5. The maximum atomic E-state index is 11.3. The van der Waals surface area contributed by atoms with Gasteiger partial charge in [0.15, 0.2) is 0 Å². The summed E-state index contributed by atoms with van der Waals surface area (Å²) in [6.45, 7) is 3.47. The molecule has 0 spiro atoms. The van der Waals surface area contributed by atoms with Crippen LogP contribution in [0.25, 0.3) is 10.8 Å². The molecule has 4 rings (SSSR count). The summed E-state index contributed by atoms with van der Waals surface area (Å²) in [5, 5.41) is 13.5. The molecule has 1 aliphatic heterocycles. The molecule has 0 bridgehead atoms. The van der Waals surface area contributed by atoms with Gasteiger partial charge in [-0.25, -0.2) is 0 Å². The third-order valence-corrected chi connectivity index (χ3v) is 5.43. The zero-order valence-electron chi connectivity index (χ0n) is 15.6. The van der Waals surface area contributed by atoms with E-state index >= 15 is 0 Å². The minimum atomic E-state index is -0.835. The molecular formula is C23H26N2O2. The first-order chi connectivity index (χ1) is 13.2. The molecule has 4 heteroatoms. The second-order valence-corrected chi connectivity index (χ2v) is 7.27. The van der Waals surface area contributed by atoms with Crippen LogP contribution in [-0.2, 0) is 5.60 Å². The molecule has 2 heterocycles. The number of aliphatic hydroxyl groups is 1. The van der Waals surface area contributed by atoms with Crippen LogP contribution in [0, 0.1) is 0 Å². The molecule has 0 aliphatic carbocycles. The normalized spacial score (nSPS) is 17.1. The lowest BCUT2D eigenvalue weighted by Crippen LogP contribution is -2.43. The van der Waals surface area contributed by atoms with Crippen molar-refractivity contribution >= 4 is 10.8 Å². The van der Waals surface area contributed by atoms with E-state index in [4.69, 9.17) is 4.74 Å². The van der Waals surface area contributed by atoms with Crippen LogP contribution >= 0.6 is 0 Å². The highest BCUT2D eigenvalue weighted by Crippen LogP contribution is 2.35. The number of pyridine rings is 1. The largest absolute Gasteiger partial charge is 0.494 e. The zero-order valence-corrected chi connectivity index (χ0v) is 15.6. The fourth-order valence-electron chi connectivity index (χ4n) is 3.87. The zero-order chi connectivity index (χ0) is 18.5. The molecule has 1 saturated heterocycles. The molecule has 0 atom stereocenters. The Labute approximate surface area is 160 Å². The maximum Gasteiger partial charge on any atom is 0.119 e. The van der Waals surface area contributed by atoms with Crippen LogP contribution < -0.4 is 4.74 Å². The van der Waals surface area contributed by atoms with E-state index in [2.05, 4.69) is 22.0 Å². The van der Waals surface area contributed by atoms with Crippen LogP contribution in [0.4, 0.5) is 0 Å². The number of nitrogens with zero attached hydrogens (tertiary/aromatic N) is 2. The van der Waals surface area contributed by atoms with E-state index in [1.807, 2.05) is 54.7 Å². The number of aromatic nitrogens is 1. The Bertz CT molecular complexity index is 868. The van der Waals surface area contributed by atoms with Crippen molar-refractivity contribution in [3.8, 4) is 5.75 Å². The van der Waals surface area contributed by atoms with Gasteiger partial charge in [-0.15, -0.1) is 0 Å². The lowest BCUT2D eigenvalue weighted by atomic mass is 9.85. The monoisotopic (exact) mass is 362 g/mol. The Morgan fingerprint density at radius 2 is 1.70 bits per heavy atom. The SMILES string of the molecule is OC1(c2nccc3ccccc23)CCN(CCCOc2ccccc2)CC1. The minimum absolute atomic E-state index is 0.716. The van der Waals surface area contributed by atoms with Crippen molar-refractivity contribution < 1.29 is 9.84 Å². The van der Waals surface area contributed by atoms with Crippen molar-refractivity contribution in [2.45, 2.75) is 24.9 Å². The summed E-state index contributed by atoms with van der Waals surface area (Å²) in [4.78, 5) is 6.96. The Balaban J connectivity index is 1.31. The van der Waals surface area contributed by atoms with Crippen molar-refractivity contribution in [3.05, 3.63) is 72.6 Å². The highest BCUT2D eigenvalue weighted by Gasteiger charge is 2.36. The van der Waals surface area contributed by atoms with Crippen LogP contribution in [0.3, 0.4) is 0 Å². The molecule has 1 aromatic heterocycles. The van der Waals surface area contributed by atoms with Gasteiger partial charge < -0.3 is 14.7 Å². The Morgan fingerprint density at radius 3 is 2.52 bits per heavy atom. The summed E-state index contributed by atoms with van der Waals surface area (Å²) in [5.41, 5.74) is -0.00888. The summed E-state index contributed by atoms with van der Waals surface area (Å²) in [7, 11) is 0. The topological polar surface area (TPSA) is 45.6 Å². The molecule has 0 amide bonds. The Hall–Kier alpha value is -2.43. The van der Waals surface area contributed by atoms with E-state index in [9.17, 15) is 5.11 Å². The average Bonchev–Trinajstić information content (AvgIpc) is 2.73. The van der Waals surface area contributed by atoms with Gasteiger partial charge in [-0.2, -0.15) is 0 Å². The molecule has 1 N–H and O–H groups in total. The minimum Gasteiger partial charge on any atom is -0.494 e. The van der Waals surface area contributed by atoms with E-state index in [-0.39, 0.29) is 0 Å². The van der Waals surface area contributed by atoms with Crippen molar-refractivity contribution in [2.75, 3.05) is 26.2 Å². The maximum absolute atomic E-state index is 11.3. The molecule has 0 unspecified atom stereocenters. The van der Waals surface area contributed by atoms with E-state index in [0.29, 0.717) is 12.8 Å². The number of rotatable bonds is 6. The van der Waals surface area contributed by atoms with Crippen LogP contribution in [0.1, 0.15) is 25.0 Å². The number of hydrogen-bond acceptors (Lipinski definition) is 4. The number of benzene rings is 2. The number of para-hydroxylation sites is 1. The van der Waals surface area contributed by atoms with Gasteiger partial charge >= 0.3 is 0 Å². The van der Waals surface area contributed by atoms with Gasteiger partial charge in [0.2, 0.25) is 0 Å². The molecule has 2 aromatic carbocycles. The number of fused-ring (bicyclic) bond motifs is 1. The molecule has 4 nitrogen and oxygen atoms in total. The van der Waals surface area contributed by atoms with Gasteiger partial charge in [-0.05, 0) is 42.8 Å². The summed E-state index contributed by atoms with van der Waals surface area (Å²) in [6.07, 6.45) is 4.23. The summed E-state index contributed by atoms with van der Waals surface area (Å²) in [5.74, 6) is 0.924. The van der Waals surface area contributed by atoms with Gasteiger partial charge in [0.05, 0.1) is 12.3 Å². The summed E-state index contributed by atoms with van der Waals surface area (Å²) in [6, 6.07) is 20.1. The third kappa shape index (κ3) is 4.12. The lowest BCUT2D eigenvalue weighted by Gasteiger charge is -2.38. The van der Waals surface area contributed by atoms with Crippen LogP contribution in [0.5, 0.6) is 5.75 Å². The second kappa shape index (κ2) is 8.07.